The minimum Gasteiger partial charge on any atom is -0.337 e. The maximum Gasteiger partial charge on any atom is 0.272 e. The van der Waals surface area contributed by atoms with Crippen molar-refractivity contribution in [2.75, 3.05) is 18.5 Å². The number of carbonyl (C=O) groups excluding carboxylic acids is 1. The van der Waals surface area contributed by atoms with Crippen LogP contribution in [0, 0.1) is 5.41 Å². The van der Waals surface area contributed by atoms with E-state index in [0.717, 1.165) is 25.9 Å². The average molecular weight is 288 g/mol. The number of piperidine rings is 1. The van der Waals surface area contributed by atoms with Crippen molar-refractivity contribution >= 4 is 11.7 Å². The third kappa shape index (κ3) is 3.02. The number of rotatable bonds is 2. The number of hydrogen-bond acceptors (Lipinski definition) is 4. The van der Waals surface area contributed by atoms with E-state index in [-0.39, 0.29) is 5.91 Å². The van der Waals surface area contributed by atoms with Crippen LogP contribution in [-0.2, 0) is 0 Å². The van der Waals surface area contributed by atoms with E-state index >= 15 is 0 Å². The number of aromatic nitrogens is 1. The highest BCUT2D eigenvalue weighted by Crippen LogP contribution is 2.44. The molecule has 0 bridgehead atoms. The molecule has 3 N–H and O–H groups in total. The zero-order valence-electron chi connectivity index (χ0n) is 12.5. The van der Waals surface area contributed by atoms with E-state index in [1.807, 2.05) is 11.0 Å². The zero-order valence-corrected chi connectivity index (χ0v) is 12.5. The van der Waals surface area contributed by atoms with Crippen LogP contribution in [0.15, 0.2) is 18.2 Å². The number of nitrogens with two attached hydrogens (primary N) is 1. The lowest BCUT2D eigenvalue weighted by molar-refractivity contribution is 0.0467. The van der Waals surface area contributed by atoms with Crippen LogP contribution in [0.3, 0.4) is 0 Å². The SMILES string of the molecule is NNc1cccc(C(=O)N2CCC3(CCCCC3)CC2)n1. The van der Waals surface area contributed by atoms with Crippen LogP contribution in [0.2, 0.25) is 0 Å². The molecule has 3 rings (SSSR count). The van der Waals surface area contributed by atoms with Crippen molar-refractivity contribution < 1.29 is 4.79 Å². The lowest BCUT2D eigenvalue weighted by atomic mass is 9.68. The van der Waals surface area contributed by atoms with Crippen LogP contribution in [0.5, 0.6) is 0 Å². The highest BCUT2D eigenvalue weighted by atomic mass is 16.2. The molecule has 5 heteroatoms. The van der Waals surface area contributed by atoms with Crippen molar-refractivity contribution in [2.24, 2.45) is 11.3 Å². The predicted octanol–water partition coefficient (Wildman–Crippen LogP) is 2.55. The molecule has 1 aromatic rings. The molecule has 2 heterocycles. The number of hydrogen-bond donors (Lipinski definition) is 2. The lowest BCUT2D eigenvalue weighted by Crippen LogP contribution is -2.44. The first-order valence-electron chi connectivity index (χ1n) is 7.95. The van der Waals surface area contributed by atoms with Crippen molar-refractivity contribution in [2.45, 2.75) is 44.9 Å². The summed E-state index contributed by atoms with van der Waals surface area (Å²) < 4.78 is 0. The second kappa shape index (κ2) is 6.02. The number of nitrogens with zero attached hydrogens (tertiary/aromatic N) is 2. The second-order valence-electron chi connectivity index (χ2n) is 6.41. The molecule has 1 amide bonds. The van der Waals surface area contributed by atoms with Crippen LogP contribution in [0.1, 0.15) is 55.4 Å². The van der Waals surface area contributed by atoms with E-state index in [0.29, 0.717) is 16.9 Å². The van der Waals surface area contributed by atoms with Gasteiger partial charge in [0.2, 0.25) is 0 Å². The van der Waals surface area contributed by atoms with E-state index in [9.17, 15) is 4.79 Å². The molecule has 2 fully saturated rings. The summed E-state index contributed by atoms with van der Waals surface area (Å²) in [6, 6.07) is 5.32. The number of pyridine rings is 1. The number of anilines is 1. The van der Waals surface area contributed by atoms with Crippen LogP contribution >= 0.6 is 0 Å². The first-order valence-corrected chi connectivity index (χ1v) is 7.95. The van der Waals surface area contributed by atoms with Gasteiger partial charge in [0.15, 0.2) is 0 Å². The summed E-state index contributed by atoms with van der Waals surface area (Å²) in [5, 5.41) is 0. The van der Waals surface area contributed by atoms with Gasteiger partial charge in [-0.3, -0.25) is 4.79 Å². The highest BCUT2D eigenvalue weighted by molar-refractivity contribution is 5.92. The molecule has 1 aromatic heterocycles. The monoisotopic (exact) mass is 288 g/mol. The molecule has 1 spiro atoms. The third-order valence-corrected chi connectivity index (χ3v) is 5.14. The Labute approximate surface area is 125 Å². The van der Waals surface area contributed by atoms with Gasteiger partial charge in [-0.2, -0.15) is 0 Å². The van der Waals surface area contributed by atoms with E-state index in [4.69, 9.17) is 5.84 Å². The molecular formula is C16H24N4O. The molecule has 0 radical (unpaired) electrons. The first kappa shape index (κ1) is 14.3. The standard InChI is InChI=1S/C16H24N4O/c17-19-14-6-4-5-13(18-14)15(21)20-11-9-16(10-12-20)7-2-1-3-8-16/h4-6H,1-3,7-12,17H2,(H,18,19). The first-order chi connectivity index (χ1) is 10.2. The average Bonchev–Trinajstić information content (AvgIpc) is 2.56. The topological polar surface area (TPSA) is 71.2 Å². The number of carbonyl (C=O) groups is 1. The van der Waals surface area contributed by atoms with Crippen LogP contribution in [-0.4, -0.2) is 28.9 Å². The molecule has 0 aromatic carbocycles. The molecule has 1 aliphatic carbocycles. The smallest absolute Gasteiger partial charge is 0.272 e. The summed E-state index contributed by atoms with van der Waals surface area (Å²) in [6.45, 7) is 1.72. The maximum atomic E-state index is 12.5. The summed E-state index contributed by atoms with van der Waals surface area (Å²) in [7, 11) is 0. The molecule has 1 aliphatic heterocycles. The van der Waals surface area contributed by atoms with Gasteiger partial charge in [0, 0.05) is 13.1 Å². The van der Waals surface area contributed by atoms with Crippen molar-refractivity contribution in [3.63, 3.8) is 0 Å². The van der Waals surface area contributed by atoms with Gasteiger partial charge in [0.25, 0.3) is 5.91 Å². The lowest BCUT2D eigenvalue weighted by Gasteiger charge is -2.44. The molecular weight excluding hydrogens is 264 g/mol. The van der Waals surface area contributed by atoms with Gasteiger partial charge >= 0.3 is 0 Å². The highest BCUT2D eigenvalue weighted by Gasteiger charge is 2.36. The van der Waals surface area contributed by atoms with Crippen molar-refractivity contribution in [1.82, 2.24) is 9.88 Å². The summed E-state index contributed by atoms with van der Waals surface area (Å²) in [5.41, 5.74) is 3.48. The van der Waals surface area contributed by atoms with Crippen molar-refractivity contribution in [1.29, 1.82) is 0 Å². The Morgan fingerprint density at radius 1 is 1.14 bits per heavy atom. The van der Waals surface area contributed by atoms with Gasteiger partial charge in [0.05, 0.1) is 0 Å². The third-order valence-electron chi connectivity index (χ3n) is 5.14. The van der Waals surface area contributed by atoms with Gasteiger partial charge < -0.3 is 10.3 Å². The minimum absolute atomic E-state index is 0.0257. The Morgan fingerprint density at radius 2 is 1.86 bits per heavy atom. The summed E-state index contributed by atoms with van der Waals surface area (Å²) in [4.78, 5) is 18.7. The molecule has 114 valence electrons. The Bertz CT molecular complexity index is 501. The maximum absolute atomic E-state index is 12.5. The normalized spacial score (nSPS) is 21.3. The molecule has 0 unspecified atom stereocenters. The van der Waals surface area contributed by atoms with Crippen LogP contribution in [0.4, 0.5) is 5.82 Å². The zero-order chi connectivity index (χ0) is 14.7. The Morgan fingerprint density at radius 3 is 2.52 bits per heavy atom. The van der Waals surface area contributed by atoms with Crippen LogP contribution < -0.4 is 11.3 Å². The number of nitrogen functional groups attached to an aromatic ring is 1. The van der Waals surface area contributed by atoms with Crippen molar-refractivity contribution in [3.05, 3.63) is 23.9 Å². The molecule has 2 aliphatic rings. The van der Waals surface area contributed by atoms with Crippen molar-refractivity contribution in [3.8, 4) is 0 Å². The largest absolute Gasteiger partial charge is 0.337 e. The fourth-order valence-corrected chi connectivity index (χ4v) is 3.78. The van der Waals surface area contributed by atoms with Crippen LogP contribution in [0.25, 0.3) is 0 Å². The van der Waals surface area contributed by atoms with Gasteiger partial charge in [-0.15, -0.1) is 0 Å². The number of hydrazine groups is 1. The molecule has 0 atom stereocenters. The Balaban J connectivity index is 1.64. The van der Waals surface area contributed by atoms with Gasteiger partial charge in [0.1, 0.15) is 11.5 Å². The fraction of sp³-hybridized carbons (Fsp3) is 0.625. The molecule has 5 nitrogen and oxygen atoms in total. The quantitative estimate of drug-likeness (QED) is 0.648. The van der Waals surface area contributed by atoms with E-state index in [1.54, 1.807) is 12.1 Å². The molecule has 21 heavy (non-hydrogen) atoms. The van der Waals surface area contributed by atoms with Gasteiger partial charge in [-0.05, 0) is 43.2 Å². The predicted molar refractivity (Wildman–Crippen MR) is 82.7 cm³/mol. The van der Waals surface area contributed by atoms with Gasteiger partial charge in [-0.1, -0.05) is 25.3 Å². The minimum atomic E-state index is 0.0257. The number of amides is 1. The number of likely N-dealkylation sites (tertiary alicyclic amines) is 1. The number of nitrogens with one attached hydrogen (secondary N) is 1. The van der Waals surface area contributed by atoms with E-state index in [2.05, 4.69) is 10.4 Å². The summed E-state index contributed by atoms with van der Waals surface area (Å²) in [5.74, 6) is 5.91. The Kier molecular flexibility index (Phi) is 4.10. The summed E-state index contributed by atoms with van der Waals surface area (Å²) >= 11 is 0. The fourth-order valence-electron chi connectivity index (χ4n) is 3.78. The second-order valence-corrected chi connectivity index (χ2v) is 6.41. The van der Waals surface area contributed by atoms with E-state index < -0.39 is 0 Å². The molecule has 1 saturated heterocycles. The summed E-state index contributed by atoms with van der Waals surface area (Å²) in [6.07, 6.45) is 9.09. The molecule has 1 saturated carbocycles. The van der Waals surface area contributed by atoms with Gasteiger partial charge in [-0.25, -0.2) is 10.8 Å². The van der Waals surface area contributed by atoms with E-state index in [1.165, 1.54) is 32.1 Å². The Hall–Kier alpha value is -1.62.